The average molecular weight is 509 g/mol. The number of anilines is 1. The molecule has 2 amide bonds. The normalized spacial score (nSPS) is 17.2. The molecule has 2 aromatic rings. The summed E-state index contributed by atoms with van der Waals surface area (Å²) in [6.07, 6.45) is 0.194. The van der Waals surface area contributed by atoms with Crippen LogP contribution in [0, 0.1) is 13.8 Å². The number of rotatable bonds is 6. The van der Waals surface area contributed by atoms with Gasteiger partial charge >= 0.3 is 0 Å². The zero-order chi connectivity index (χ0) is 25.3. The first-order valence-corrected chi connectivity index (χ1v) is 12.8. The highest BCUT2D eigenvalue weighted by Crippen LogP contribution is 2.45. The number of amides is 2. The third kappa shape index (κ3) is 5.46. The van der Waals surface area contributed by atoms with Gasteiger partial charge in [-0.15, -0.1) is 0 Å². The minimum Gasteiger partial charge on any atom is -0.354 e. The second-order valence-electron chi connectivity index (χ2n) is 9.12. The van der Waals surface area contributed by atoms with Crippen LogP contribution in [0.3, 0.4) is 0 Å². The highest BCUT2D eigenvalue weighted by Gasteiger charge is 2.40. The first-order valence-electron chi connectivity index (χ1n) is 11.5. The smallest absolute Gasteiger partial charge is 0.255 e. The molecule has 0 bridgehead atoms. The maximum atomic E-state index is 13.7. The third-order valence-corrected chi connectivity index (χ3v) is 6.99. The fourth-order valence-corrected chi connectivity index (χ4v) is 5.39. The molecule has 0 radical (unpaired) electrons. The third-order valence-electron chi connectivity index (χ3n) is 5.85. The molecule has 0 unspecified atom stereocenters. The van der Waals surface area contributed by atoms with Crippen LogP contribution >= 0.6 is 23.4 Å². The molecule has 0 aliphatic carbocycles. The van der Waals surface area contributed by atoms with Gasteiger partial charge in [-0.3, -0.25) is 9.59 Å². The van der Waals surface area contributed by atoms with Crippen LogP contribution in [0.1, 0.15) is 49.9 Å². The Hall–Kier alpha value is -3.03. The maximum Gasteiger partial charge on any atom is 0.255 e. The standard InChI is InChI=1S/C27H29ClN4O2S/c1-15(2)29-23(33)13-21-14-35-27-30-18(5)24(25(32(21)27)19-7-9-20(28)10-8-19)26(34)31-22-11-6-16(3)12-17(22)4/h6-12,14-15,25H,13H2,1-5H3,(H,29,33)(H,31,34)/t25-/m1/s1. The van der Waals surface area contributed by atoms with Gasteiger partial charge in [-0.2, -0.15) is 0 Å². The van der Waals surface area contributed by atoms with E-state index in [0.29, 0.717) is 16.3 Å². The highest BCUT2D eigenvalue weighted by atomic mass is 35.5. The summed E-state index contributed by atoms with van der Waals surface area (Å²) >= 11 is 7.64. The zero-order valence-corrected chi connectivity index (χ0v) is 22.1. The van der Waals surface area contributed by atoms with E-state index < -0.39 is 6.04 Å². The first-order chi connectivity index (χ1) is 16.6. The molecule has 182 valence electrons. The lowest BCUT2D eigenvalue weighted by Crippen LogP contribution is -2.39. The summed E-state index contributed by atoms with van der Waals surface area (Å²) in [5.74, 6) is -0.296. The summed E-state index contributed by atoms with van der Waals surface area (Å²) in [6.45, 7) is 9.72. The predicted octanol–water partition coefficient (Wildman–Crippen LogP) is 6.09. The number of halogens is 1. The van der Waals surface area contributed by atoms with E-state index in [1.165, 1.54) is 11.8 Å². The molecule has 2 heterocycles. The largest absolute Gasteiger partial charge is 0.354 e. The molecule has 2 N–H and O–H groups in total. The van der Waals surface area contributed by atoms with Gasteiger partial charge in [-0.25, -0.2) is 4.99 Å². The number of amidine groups is 1. The summed E-state index contributed by atoms with van der Waals surface area (Å²) in [5.41, 5.74) is 5.75. The van der Waals surface area contributed by atoms with Crippen molar-refractivity contribution in [1.29, 1.82) is 0 Å². The molecule has 35 heavy (non-hydrogen) atoms. The average Bonchev–Trinajstić information content (AvgIpc) is 3.16. The number of aryl methyl sites for hydroxylation is 2. The van der Waals surface area contributed by atoms with E-state index >= 15 is 0 Å². The van der Waals surface area contributed by atoms with Crippen LogP contribution in [0.4, 0.5) is 5.69 Å². The van der Waals surface area contributed by atoms with Gasteiger partial charge < -0.3 is 15.5 Å². The Balaban J connectivity index is 1.73. The van der Waals surface area contributed by atoms with Gasteiger partial charge in [0.2, 0.25) is 5.91 Å². The number of hydrogen-bond donors (Lipinski definition) is 2. The van der Waals surface area contributed by atoms with Gasteiger partial charge in [0.1, 0.15) is 0 Å². The number of aliphatic imine (C=N–C) groups is 1. The number of hydrogen-bond acceptors (Lipinski definition) is 5. The van der Waals surface area contributed by atoms with Gasteiger partial charge in [0, 0.05) is 22.4 Å². The van der Waals surface area contributed by atoms with Crippen molar-refractivity contribution in [2.45, 2.75) is 53.1 Å². The van der Waals surface area contributed by atoms with E-state index in [1.54, 1.807) is 0 Å². The lowest BCUT2D eigenvalue weighted by Gasteiger charge is -2.36. The summed E-state index contributed by atoms with van der Waals surface area (Å²) in [6, 6.07) is 13.0. The van der Waals surface area contributed by atoms with Crippen molar-refractivity contribution in [3.8, 4) is 0 Å². The molecule has 8 heteroatoms. The summed E-state index contributed by atoms with van der Waals surface area (Å²) in [7, 11) is 0. The van der Waals surface area contributed by atoms with Crippen LogP contribution in [-0.4, -0.2) is 27.9 Å². The van der Waals surface area contributed by atoms with Crippen molar-refractivity contribution < 1.29 is 9.59 Å². The number of fused-ring (bicyclic) bond motifs is 1. The van der Waals surface area contributed by atoms with Gasteiger partial charge in [-0.1, -0.05) is 53.2 Å². The molecule has 0 fully saturated rings. The number of nitrogens with zero attached hydrogens (tertiary/aromatic N) is 2. The lowest BCUT2D eigenvalue weighted by atomic mass is 9.93. The molecule has 2 aliphatic rings. The Kier molecular flexibility index (Phi) is 7.38. The van der Waals surface area contributed by atoms with Crippen LogP contribution in [-0.2, 0) is 9.59 Å². The van der Waals surface area contributed by atoms with E-state index in [4.69, 9.17) is 16.6 Å². The monoisotopic (exact) mass is 508 g/mol. The van der Waals surface area contributed by atoms with E-state index in [1.807, 2.05) is 87.4 Å². The molecule has 0 aromatic heterocycles. The fourth-order valence-electron chi connectivity index (χ4n) is 4.30. The van der Waals surface area contributed by atoms with Crippen LogP contribution in [0.15, 0.2) is 69.8 Å². The van der Waals surface area contributed by atoms with Crippen molar-refractivity contribution in [2.75, 3.05) is 5.32 Å². The Morgan fingerprint density at radius 2 is 1.83 bits per heavy atom. The fraction of sp³-hybridized carbons (Fsp3) is 0.296. The zero-order valence-electron chi connectivity index (χ0n) is 20.5. The van der Waals surface area contributed by atoms with Crippen molar-refractivity contribution in [3.05, 3.63) is 86.6 Å². The molecule has 2 aromatic carbocycles. The van der Waals surface area contributed by atoms with Crippen molar-refractivity contribution >= 4 is 46.0 Å². The summed E-state index contributed by atoms with van der Waals surface area (Å²) < 4.78 is 0. The Morgan fingerprint density at radius 3 is 2.49 bits per heavy atom. The lowest BCUT2D eigenvalue weighted by molar-refractivity contribution is -0.121. The molecule has 6 nitrogen and oxygen atoms in total. The number of benzene rings is 2. The first kappa shape index (κ1) is 25.1. The van der Waals surface area contributed by atoms with E-state index in [9.17, 15) is 9.59 Å². The Bertz CT molecular complexity index is 1260. The van der Waals surface area contributed by atoms with Gasteiger partial charge in [0.25, 0.3) is 5.91 Å². The second-order valence-corrected chi connectivity index (χ2v) is 10.4. The van der Waals surface area contributed by atoms with Crippen molar-refractivity contribution in [1.82, 2.24) is 10.2 Å². The van der Waals surface area contributed by atoms with E-state index in [-0.39, 0.29) is 24.3 Å². The van der Waals surface area contributed by atoms with Gasteiger partial charge in [0.05, 0.1) is 23.7 Å². The SMILES string of the molecule is CC1=C(C(=O)Nc2ccc(C)cc2C)[C@@H](c2ccc(Cl)cc2)N2C(CC(=O)NC(C)C)=CSC2=N1. The molecule has 0 spiro atoms. The minimum absolute atomic E-state index is 0.0416. The topological polar surface area (TPSA) is 73.8 Å². The van der Waals surface area contributed by atoms with E-state index in [2.05, 4.69) is 10.6 Å². The van der Waals surface area contributed by atoms with Crippen molar-refractivity contribution in [3.63, 3.8) is 0 Å². The summed E-state index contributed by atoms with van der Waals surface area (Å²) in [5, 5.41) is 9.34. The summed E-state index contributed by atoms with van der Waals surface area (Å²) in [4.78, 5) is 33.1. The van der Waals surface area contributed by atoms with Crippen LogP contribution in [0.2, 0.25) is 5.02 Å². The molecule has 0 saturated carbocycles. The molecule has 2 aliphatic heterocycles. The maximum absolute atomic E-state index is 13.7. The number of nitrogens with one attached hydrogen (secondary N) is 2. The second kappa shape index (κ2) is 10.3. The van der Waals surface area contributed by atoms with Crippen LogP contribution in [0.25, 0.3) is 0 Å². The molecule has 1 atom stereocenters. The van der Waals surface area contributed by atoms with Gasteiger partial charge in [0.15, 0.2) is 5.17 Å². The number of allylic oxidation sites excluding steroid dienone is 1. The molecule has 0 saturated heterocycles. The highest BCUT2D eigenvalue weighted by molar-refractivity contribution is 8.16. The Morgan fingerprint density at radius 1 is 1.11 bits per heavy atom. The molecule has 4 rings (SSSR count). The quantitative estimate of drug-likeness (QED) is 0.495. The van der Waals surface area contributed by atoms with Crippen LogP contribution < -0.4 is 10.6 Å². The van der Waals surface area contributed by atoms with Crippen LogP contribution in [0.5, 0.6) is 0 Å². The minimum atomic E-state index is -0.446. The van der Waals surface area contributed by atoms with E-state index in [0.717, 1.165) is 33.2 Å². The number of carbonyl (C=O) groups excluding carboxylic acids is 2. The molecular formula is C27H29ClN4O2S. The number of thioether (sulfide) groups is 1. The predicted molar refractivity (Wildman–Crippen MR) is 144 cm³/mol. The van der Waals surface area contributed by atoms with Crippen molar-refractivity contribution in [2.24, 2.45) is 4.99 Å². The Labute approximate surface area is 215 Å². The molecular weight excluding hydrogens is 480 g/mol. The van der Waals surface area contributed by atoms with Gasteiger partial charge in [-0.05, 0) is 69.4 Å². The number of carbonyl (C=O) groups is 2.